The van der Waals surface area contributed by atoms with Crippen LogP contribution in [0.25, 0.3) is 0 Å². The Balaban J connectivity index is 3.39. The van der Waals surface area contributed by atoms with Crippen LogP contribution in [-0.2, 0) is 0 Å². The van der Waals surface area contributed by atoms with Crippen LogP contribution in [0.4, 0.5) is 0 Å². The maximum Gasteiger partial charge on any atom is 0.177 e. The van der Waals surface area contributed by atoms with Crippen molar-refractivity contribution < 1.29 is 14.6 Å². The Hall–Kier alpha value is -1.54. The lowest BCUT2D eigenvalue weighted by Crippen LogP contribution is -2.03. The lowest BCUT2D eigenvalue weighted by molar-refractivity contribution is 0.102. The molecule has 0 fully saturated rings. The number of phenols is 1. The summed E-state index contributed by atoms with van der Waals surface area (Å²) in [6.07, 6.45) is 0. The Morgan fingerprint density at radius 2 is 2.33 bits per heavy atom. The van der Waals surface area contributed by atoms with Gasteiger partial charge in [0.25, 0.3) is 0 Å². The van der Waals surface area contributed by atoms with Crippen molar-refractivity contribution in [3.05, 3.63) is 23.3 Å². The molecule has 1 aromatic carbocycles. The molecule has 0 aliphatic rings. The average Bonchev–Trinajstić information content (AvgIpc) is 2.27. The summed E-state index contributed by atoms with van der Waals surface area (Å²) in [5, 5.41) is 18.4. The van der Waals surface area contributed by atoms with Crippen molar-refractivity contribution in [3.8, 4) is 17.6 Å². The number of hydrogen-bond acceptors (Lipinski definition) is 4. The quantitative estimate of drug-likeness (QED) is 0.672. The molecule has 0 saturated heterocycles. The Kier molecular flexibility index (Phi) is 3.69. The highest BCUT2D eigenvalue weighted by Crippen LogP contribution is 2.33. The molecule has 0 atom stereocenters. The summed E-state index contributed by atoms with van der Waals surface area (Å²) in [7, 11) is 1.33. The molecule has 0 heterocycles. The second kappa shape index (κ2) is 4.80. The highest BCUT2D eigenvalue weighted by atomic mass is 79.9. The second-order valence-electron chi connectivity index (χ2n) is 2.71. The molecule has 1 rings (SSSR count). The molecular weight excluding hydrogens is 262 g/mol. The second-order valence-corrected chi connectivity index (χ2v) is 3.27. The fraction of sp³-hybridized carbons (Fsp3) is 0.200. The van der Waals surface area contributed by atoms with Crippen molar-refractivity contribution in [2.24, 2.45) is 0 Å². The number of hydrogen-bond donors (Lipinski definition) is 1. The molecule has 15 heavy (non-hydrogen) atoms. The van der Waals surface area contributed by atoms with Crippen molar-refractivity contribution in [2.45, 2.75) is 0 Å². The van der Waals surface area contributed by atoms with Gasteiger partial charge in [-0.15, -0.1) is 0 Å². The van der Waals surface area contributed by atoms with Crippen LogP contribution in [0.1, 0.15) is 15.9 Å². The number of rotatable bonds is 3. The van der Waals surface area contributed by atoms with E-state index in [2.05, 4.69) is 15.9 Å². The van der Waals surface area contributed by atoms with E-state index in [4.69, 9.17) is 10.00 Å². The zero-order valence-electron chi connectivity index (χ0n) is 7.95. The SMILES string of the molecule is COc1c(C(=O)CBr)ccc(C#N)c1O. The van der Waals surface area contributed by atoms with Gasteiger partial charge in [-0.05, 0) is 12.1 Å². The molecule has 0 radical (unpaired) electrons. The van der Waals surface area contributed by atoms with Crippen LogP contribution in [0.3, 0.4) is 0 Å². The molecule has 0 aliphatic heterocycles. The molecule has 5 heteroatoms. The van der Waals surface area contributed by atoms with Crippen molar-refractivity contribution in [1.82, 2.24) is 0 Å². The number of nitriles is 1. The molecule has 1 aromatic rings. The van der Waals surface area contributed by atoms with E-state index in [1.165, 1.54) is 19.2 Å². The van der Waals surface area contributed by atoms with Gasteiger partial charge in [0.15, 0.2) is 17.3 Å². The number of carbonyl (C=O) groups is 1. The molecule has 78 valence electrons. The van der Waals surface area contributed by atoms with Crippen LogP contribution < -0.4 is 4.74 Å². The summed E-state index contributed by atoms with van der Waals surface area (Å²) >= 11 is 3.02. The van der Waals surface area contributed by atoms with E-state index in [1.54, 1.807) is 6.07 Å². The molecule has 0 saturated carbocycles. The van der Waals surface area contributed by atoms with E-state index in [0.29, 0.717) is 0 Å². The van der Waals surface area contributed by atoms with E-state index >= 15 is 0 Å². The maximum atomic E-state index is 11.4. The van der Waals surface area contributed by atoms with E-state index in [0.717, 1.165) is 0 Å². The fourth-order valence-corrected chi connectivity index (χ4v) is 1.46. The number of carbonyl (C=O) groups excluding carboxylic acids is 1. The third-order valence-electron chi connectivity index (χ3n) is 1.88. The zero-order valence-corrected chi connectivity index (χ0v) is 9.54. The van der Waals surface area contributed by atoms with Crippen LogP contribution in [0.15, 0.2) is 12.1 Å². The van der Waals surface area contributed by atoms with Crippen LogP contribution in [0.5, 0.6) is 11.5 Å². The molecule has 0 spiro atoms. The third kappa shape index (κ3) is 2.10. The monoisotopic (exact) mass is 269 g/mol. The normalized spacial score (nSPS) is 9.40. The predicted octanol–water partition coefficient (Wildman–Crippen LogP) is 1.85. The molecule has 0 bridgehead atoms. The number of nitrogens with zero attached hydrogens (tertiary/aromatic N) is 1. The largest absolute Gasteiger partial charge is 0.503 e. The number of alkyl halides is 1. The van der Waals surface area contributed by atoms with Crippen LogP contribution in [-0.4, -0.2) is 23.3 Å². The highest BCUT2D eigenvalue weighted by Gasteiger charge is 2.17. The molecule has 1 N–H and O–H groups in total. The minimum Gasteiger partial charge on any atom is -0.503 e. The van der Waals surface area contributed by atoms with Gasteiger partial charge in [-0.1, -0.05) is 15.9 Å². The van der Waals surface area contributed by atoms with Crippen molar-refractivity contribution in [2.75, 3.05) is 12.4 Å². The number of ether oxygens (including phenoxy) is 1. The van der Waals surface area contributed by atoms with Crippen molar-refractivity contribution in [1.29, 1.82) is 5.26 Å². The zero-order chi connectivity index (χ0) is 11.4. The molecule has 0 aliphatic carbocycles. The number of phenolic OH excluding ortho intramolecular Hbond substituents is 1. The van der Waals surface area contributed by atoms with Gasteiger partial charge in [-0.25, -0.2) is 0 Å². The molecule has 4 nitrogen and oxygen atoms in total. The Morgan fingerprint density at radius 1 is 1.67 bits per heavy atom. The van der Waals surface area contributed by atoms with E-state index in [-0.39, 0.29) is 33.7 Å². The number of Topliss-reactive ketones (excluding diaryl/α,β-unsaturated/α-hetero) is 1. The Labute approximate surface area is 95.2 Å². The Bertz CT molecular complexity index is 437. The van der Waals surface area contributed by atoms with Crippen LogP contribution in [0.2, 0.25) is 0 Å². The van der Waals surface area contributed by atoms with Crippen molar-refractivity contribution >= 4 is 21.7 Å². The average molecular weight is 270 g/mol. The first-order valence-corrected chi connectivity index (χ1v) is 5.17. The lowest BCUT2D eigenvalue weighted by atomic mass is 10.1. The number of halogens is 1. The van der Waals surface area contributed by atoms with Gasteiger partial charge in [0.05, 0.1) is 23.6 Å². The van der Waals surface area contributed by atoms with Gasteiger partial charge in [-0.3, -0.25) is 4.79 Å². The molecule has 0 unspecified atom stereocenters. The van der Waals surface area contributed by atoms with Gasteiger partial charge in [0, 0.05) is 0 Å². The van der Waals surface area contributed by atoms with Gasteiger partial charge in [0.1, 0.15) is 6.07 Å². The van der Waals surface area contributed by atoms with Gasteiger partial charge in [0.2, 0.25) is 0 Å². The minimum atomic E-state index is -0.299. The van der Waals surface area contributed by atoms with Gasteiger partial charge in [-0.2, -0.15) is 5.26 Å². The Morgan fingerprint density at radius 3 is 2.80 bits per heavy atom. The fourth-order valence-electron chi connectivity index (χ4n) is 1.16. The molecule has 0 aromatic heterocycles. The van der Waals surface area contributed by atoms with E-state index in [1.807, 2.05) is 0 Å². The van der Waals surface area contributed by atoms with Gasteiger partial charge < -0.3 is 9.84 Å². The maximum absolute atomic E-state index is 11.4. The van der Waals surface area contributed by atoms with E-state index < -0.39 is 0 Å². The summed E-state index contributed by atoms with van der Waals surface area (Å²) in [5.74, 6) is -0.475. The summed E-state index contributed by atoms with van der Waals surface area (Å²) < 4.78 is 4.90. The number of methoxy groups -OCH3 is 1. The highest BCUT2D eigenvalue weighted by molar-refractivity contribution is 9.09. The van der Waals surface area contributed by atoms with Crippen LogP contribution in [0, 0.1) is 11.3 Å². The number of aromatic hydroxyl groups is 1. The molecular formula is C10H8BrNO3. The first-order valence-electron chi connectivity index (χ1n) is 4.05. The topological polar surface area (TPSA) is 70.3 Å². The summed E-state index contributed by atoms with van der Waals surface area (Å²) in [6, 6.07) is 4.64. The summed E-state index contributed by atoms with van der Waals surface area (Å²) in [4.78, 5) is 11.4. The lowest BCUT2D eigenvalue weighted by Gasteiger charge is -2.09. The summed E-state index contributed by atoms with van der Waals surface area (Å²) in [6.45, 7) is 0. The first-order chi connectivity index (χ1) is 7.15. The molecule has 0 amide bonds. The van der Waals surface area contributed by atoms with E-state index in [9.17, 15) is 9.90 Å². The predicted molar refractivity (Wildman–Crippen MR) is 57.5 cm³/mol. The smallest absolute Gasteiger partial charge is 0.177 e. The minimum absolute atomic E-state index is 0.0403. The number of ketones is 1. The van der Waals surface area contributed by atoms with Crippen LogP contribution >= 0.6 is 15.9 Å². The summed E-state index contributed by atoms with van der Waals surface area (Å²) in [5.41, 5.74) is 0.337. The third-order valence-corrected chi connectivity index (χ3v) is 2.39. The number of benzene rings is 1. The van der Waals surface area contributed by atoms with Crippen molar-refractivity contribution in [3.63, 3.8) is 0 Å². The van der Waals surface area contributed by atoms with Gasteiger partial charge >= 0.3 is 0 Å². The first kappa shape index (κ1) is 11.5. The standard InChI is InChI=1S/C10H8BrNO3/c1-15-10-7(8(13)4-11)3-2-6(5-12)9(10)14/h2-3,14H,4H2,1H3.